The Morgan fingerprint density at radius 2 is 1.86 bits per heavy atom. The average molecular weight is 282 g/mol. The van der Waals surface area contributed by atoms with Crippen molar-refractivity contribution in [2.75, 3.05) is 0 Å². The van der Waals surface area contributed by atoms with Crippen LogP contribution in [0.5, 0.6) is 0 Å². The van der Waals surface area contributed by atoms with Gasteiger partial charge in [0, 0.05) is 6.92 Å². The van der Waals surface area contributed by atoms with E-state index >= 15 is 0 Å². The number of para-hydroxylation sites is 1. The van der Waals surface area contributed by atoms with Gasteiger partial charge in [-0.15, -0.1) is 0 Å². The third-order valence-corrected chi connectivity index (χ3v) is 3.60. The van der Waals surface area contributed by atoms with Gasteiger partial charge in [-0.1, -0.05) is 37.2 Å². The minimum Gasteiger partial charge on any atom is -0.339 e. The van der Waals surface area contributed by atoms with E-state index in [9.17, 15) is 0 Å². The van der Waals surface area contributed by atoms with Gasteiger partial charge in [-0.2, -0.15) is 4.98 Å². The Bertz CT molecular complexity index is 735. The van der Waals surface area contributed by atoms with Crippen molar-refractivity contribution in [3.8, 4) is 17.2 Å². The third-order valence-electron chi connectivity index (χ3n) is 3.60. The molecule has 21 heavy (non-hydrogen) atoms. The van der Waals surface area contributed by atoms with E-state index in [0.717, 1.165) is 18.5 Å². The van der Waals surface area contributed by atoms with Crippen LogP contribution < -0.4 is 0 Å². The van der Waals surface area contributed by atoms with Crippen molar-refractivity contribution >= 4 is 0 Å². The van der Waals surface area contributed by atoms with Gasteiger partial charge in [0.25, 0.3) is 0 Å². The van der Waals surface area contributed by atoms with Crippen LogP contribution in [-0.4, -0.2) is 19.7 Å². The number of nitrogens with zero attached hydrogens (tertiary/aromatic N) is 4. The van der Waals surface area contributed by atoms with Crippen LogP contribution in [0.2, 0.25) is 0 Å². The van der Waals surface area contributed by atoms with E-state index in [1.807, 2.05) is 6.33 Å². The molecule has 0 saturated heterocycles. The van der Waals surface area contributed by atoms with Crippen molar-refractivity contribution in [2.45, 2.75) is 33.6 Å². The van der Waals surface area contributed by atoms with Crippen LogP contribution in [0, 0.1) is 6.92 Å². The van der Waals surface area contributed by atoms with Crippen molar-refractivity contribution in [1.29, 1.82) is 0 Å². The normalized spacial score (nSPS) is 11.0. The summed E-state index contributed by atoms with van der Waals surface area (Å²) in [5, 5.41) is 4.01. The highest BCUT2D eigenvalue weighted by Gasteiger charge is 2.16. The number of rotatable bonds is 4. The molecule has 0 aliphatic heterocycles. The standard InChI is InChI=1S/C16H18N4O/c1-4-12-7-6-8-13(5-2)15(12)20-10-17-9-14(20)16-18-11(3)21-19-16/h6-10H,4-5H2,1-3H3. The Hall–Kier alpha value is -2.43. The molecule has 0 unspecified atom stereocenters. The van der Waals surface area contributed by atoms with E-state index in [1.54, 1.807) is 13.1 Å². The predicted octanol–water partition coefficient (Wildman–Crippen LogP) is 3.36. The lowest BCUT2D eigenvalue weighted by Gasteiger charge is -2.15. The summed E-state index contributed by atoms with van der Waals surface area (Å²) in [6.07, 6.45) is 5.52. The van der Waals surface area contributed by atoms with Gasteiger partial charge in [-0.25, -0.2) is 4.98 Å². The maximum absolute atomic E-state index is 5.09. The second kappa shape index (κ2) is 5.52. The first-order chi connectivity index (χ1) is 10.2. The molecule has 5 heteroatoms. The predicted molar refractivity (Wildman–Crippen MR) is 80.3 cm³/mol. The Labute approximate surface area is 123 Å². The molecule has 0 aliphatic carbocycles. The average Bonchev–Trinajstić information content (AvgIpc) is 3.14. The minimum absolute atomic E-state index is 0.553. The molecular weight excluding hydrogens is 264 g/mol. The zero-order valence-electron chi connectivity index (χ0n) is 12.5. The number of hydrogen-bond acceptors (Lipinski definition) is 4. The summed E-state index contributed by atoms with van der Waals surface area (Å²) in [6.45, 7) is 6.11. The minimum atomic E-state index is 0.553. The molecule has 0 aliphatic rings. The number of aryl methyl sites for hydroxylation is 3. The molecule has 0 saturated carbocycles. The molecule has 2 heterocycles. The Morgan fingerprint density at radius 3 is 2.43 bits per heavy atom. The number of hydrogen-bond donors (Lipinski definition) is 0. The van der Waals surface area contributed by atoms with Gasteiger partial charge in [0.2, 0.25) is 11.7 Å². The van der Waals surface area contributed by atoms with Gasteiger partial charge in [-0.3, -0.25) is 4.57 Å². The maximum Gasteiger partial charge on any atom is 0.223 e. The number of benzene rings is 1. The first-order valence-electron chi connectivity index (χ1n) is 7.18. The molecule has 0 fully saturated rings. The number of imidazole rings is 1. The van der Waals surface area contributed by atoms with Gasteiger partial charge in [0.1, 0.15) is 5.69 Å². The SMILES string of the molecule is CCc1cccc(CC)c1-n1cncc1-c1noc(C)n1. The Morgan fingerprint density at radius 1 is 1.14 bits per heavy atom. The molecule has 2 aromatic heterocycles. The molecule has 0 spiro atoms. The molecule has 0 N–H and O–H groups in total. The first-order valence-corrected chi connectivity index (χ1v) is 7.18. The lowest BCUT2D eigenvalue weighted by Crippen LogP contribution is -2.04. The second-order valence-electron chi connectivity index (χ2n) is 4.92. The lowest BCUT2D eigenvalue weighted by molar-refractivity contribution is 0.394. The summed E-state index contributed by atoms with van der Waals surface area (Å²) < 4.78 is 7.15. The second-order valence-corrected chi connectivity index (χ2v) is 4.92. The van der Waals surface area contributed by atoms with Gasteiger partial charge < -0.3 is 4.52 Å². The molecule has 5 nitrogen and oxygen atoms in total. The topological polar surface area (TPSA) is 56.7 Å². The van der Waals surface area contributed by atoms with Crippen molar-refractivity contribution in [3.63, 3.8) is 0 Å². The van der Waals surface area contributed by atoms with Crippen LogP contribution >= 0.6 is 0 Å². The zero-order chi connectivity index (χ0) is 14.8. The van der Waals surface area contributed by atoms with Crippen LogP contribution in [-0.2, 0) is 12.8 Å². The summed E-state index contributed by atoms with van der Waals surface area (Å²) in [6, 6.07) is 6.41. The summed E-state index contributed by atoms with van der Waals surface area (Å²) in [5.41, 5.74) is 4.60. The van der Waals surface area contributed by atoms with E-state index in [2.05, 4.69) is 51.7 Å². The molecule has 3 rings (SSSR count). The summed E-state index contributed by atoms with van der Waals surface area (Å²) >= 11 is 0. The summed E-state index contributed by atoms with van der Waals surface area (Å²) in [5.74, 6) is 1.12. The van der Waals surface area contributed by atoms with Crippen molar-refractivity contribution in [1.82, 2.24) is 19.7 Å². The van der Waals surface area contributed by atoms with Gasteiger partial charge >= 0.3 is 0 Å². The molecule has 0 bridgehead atoms. The molecule has 0 radical (unpaired) electrons. The van der Waals surface area contributed by atoms with Gasteiger partial charge in [0.15, 0.2) is 0 Å². The van der Waals surface area contributed by atoms with Gasteiger partial charge in [-0.05, 0) is 24.0 Å². The fraction of sp³-hybridized carbons (Fsp3) is 0.312. The molecule has 3 aromatic rings. The Kier molecular flexibility index (Phi) is 3.56. The zero-order valence-corrected chi connectivity index (χ0v) is 12.5. The molecule has 0 atom stereocenters. The molecule has 108 valence electrons. The van der Waals surface area contributed by atoms with E-state index in [0.29, 0.717) is 11.7 Å². The smallest absolute Gasteiger partial charge is 0.223 e. The van der Waals surface area contributed by atoms with E-state index in [4.69, 9.17) is 4.52 Å². The first kappa shape index (κ1) is 13.5. The molecule has 1 aromatic carbocycles. The summed E-state index contributed by atoms with van der Waals surface area (Å²) in [4.78, 5) is 8.59. The van der Waals surface area contributed by atoms with Crippen LogP contribution in [0.3, 0.4) is 0 Å². The molecular formula is C16H18N4O. The van der Waals surface area contributed by atoms with Crippen molar-refractivity contribution in [3.05, 3.63) is 47.7 Å². The van der Waals surface area contributed by atoms with E-state index < -0.39 is 0 Å². The maximum atomic E-state index is 5.09. The largest absolute Gasteiger partial charge is 0.339 e. The van der Waals surface area contributed by atoms with Crippen molar-refractivity contribution in [2.24, 2.45) is 0 Å². The fourth-order valence-electron chi connectivity index (χ4n) is 2.57. The third kappa shape index (κ3) is 2.35. The van der Waals surface area contributed by atoms with Crippen LogP contribution in [0.1, 0.15) is 30.9 Å². The van der Waals surface area contributed by atoms with Gasteiger partial charge in [0.05, 0.1) is 18.2 Å². The highest BCUT2D eigenvalue weighted by Crippen LogP contribution is 2.26. The van der Waals surface area contributed by atoms with E-state index in [1.165, 1.54) is 16.8 Å². The lowest BCUT2D eigenvalue weighted by atomic mass is 10.0. The highest BCUT2D eigenvalue weighted by atomic mass is 16.5. The van der Waals surface area contributed by atoms with Crippen molar-refractivity contribution < 1.29 is 4.52 Å². The van der Waals surface area contributed by atoms with Crippen LogP contribution in [0.25, 0.3) is 17.2 Å². The fourth-order valence-corrected chi connectivity index (χ4v) is 2.57. The monoisotopic (exact) mass is 282 g/mol. The molecule has 0 amide bonds. The Balaban J connectivity index is 2.21. The highest BCUT2D eigenvalue weighted by molar-refractivity contribution is 5.58. The van der Waals surface area contributed by atoms with E-state index in [-0.39, 0.29) is 0 Å². The van der Waals surface area contributed by atoms with Crippen LogP contribution in [0.15, 0.2) is 35.2 Å². The quantitative estimate of drug-likeness (QED) is 0.736. The van der Waals surface area contributed by atoms with Crippen LogP contribution in [0.4, 0.5) is 0 Å². The summed E-state index contributed by atoms with van der Waals surface area (Å²) in [7, 11) is 0. The number of aromatic nitrogens is 4.